The first-order valence-electron chi connectivity index (χ1n) is 8.16. The minimum atomic E-state index is -0.123. The molecule has 25 heavy (non-hydrogen) atoms. The van der Waals surface area contributed by atoms with E-state index < -0.39 is 0 Å². The van der Waals surface area contributed by atoms with Crippen LogP contribution in [0, 0.1) is 0 Å². The number of hydrogen-bond donors (Lipinski definition) is 2. The standard InChI is InChI=1S/C19H22Cl2N2O2/c1-13(2)25-18-6-4-3-5-17(18)23-19(24)12-22-10-9-14-7-8-15(20)11-16(14)21/h3-8,11,13,22H,9-10,12H2,1-2H3,(H,23,24). The Hall–Kier alpha value is -1.75. The Labute approximate surface area is 158 Å². The number of benzene rings is 2. The Morgan fingerprint density at radius 3 is 2.64 bits per heavy atom. The summed E-state index contributed by atoms with van der Waals surface area (Å²) >= 11 is 12.0. The zero-order valence-corrected chi connectivity index (χ0v) is 15.8. The quantitative estimate of drug-likeness (QED) is 0.660. The summed E-state index contributed by atoms with van der Waals surface area (Å²) in [5.41, 5.74) is 1.67. The lowest BCUT2D eigenvalue weighted by Crippen LogP contribution is -2.29. The van der Waals surface area contributed by atoms with Crippen molar-refractivity contribution in [3.05, 3.63) is 58.1 Å². The van der Waals surface area contributed by atoms with Crippen LogP contribution in [0.1, 0.15) is 19.4 Å². The third kappa shape index (κ3) is 6.58. The Morgan fingerprint density at radius 2 is 1.92 bits per heavy atom. The van der Waals surface area contributed by atoms with E-state index in [-0.39, 0.29) is 18.6 Å². The largest absolute Gasteiger partial charge is 0.489 e. The van der Waals surface area contributed by atoms with Crippen LogP contribution < -0.4 is 15.4 Å². The highest BCUT2D eigenvalue weighted by molar-refractivity contribution is 6.35. The zero-order valence-electron chi connectivity index (χ0n) is 14.3. The molecule has 0 spiro atoms. The number of nitrogens with one attached hydrogen (secondary N) is 2. The molecule has 0 aliphatic carbocycles. The van der Waals surface area contributed by atoms with E-state index in [0.29, 0.717) is 28.0 Å². The SMILES string of the molecule is CC(C)Oc1ccccc1NC(=O)CNCCc1ccc(Cl)cc1Cl. The number of amides is 1. The molecule has 1 amide bonds. The summed E-state index contributed by atoms with van der Waals surface area (Å²) in [6.45, 7) is 4.74. The van der Waals surface area contributed by atoms with Crippen LogP contribution >= 0.6 is 23.2 Å². The lowest BCUT2D eigenvalue weighted by Gasteiger charge is -2.15. The minimum Gasteiger partial charge on any atom is -0.489 e. The topological polar surface area (TPSA) is 50.4 Å². The molecule has 0 aliphatic rings. The van der Waals surface area contributed by atoms with Crippen molar-refractivity contribution in [1.29, 1.82) is 0 Å². The molecule has 0 saturated carbocycles. The van der Waals surface area contributed by atoms with Gasteiger partial charge in [0.2, 0.25) is 5.91 Å². The molecule has 0 unspecified atom stereocenters. The van der Waals surface area contributed by atoms with Crippen molar-refractivity contribution in [2.45, 2.75) is 26.4 Å². The van der Waals surface area contributed by atoms with E-state index in [1.165, 1.54) is 0 Å². The van der Waals surface area contributed by atoms with Crippen LogP contribution in [0.25, 0.3) is 0 Å². The van der Waals surface area contributed by atoms with Gasteiger partial charge in [-0.15, -0.1) is 0 Å². The molecule has 2 aromatic rings. The molecular weight excluding hydrogens is 359 g/mol. The molecule has 0 atom stereocenters. The third-order valence-electron chi connectivity index (χ3n) is 3.40. The molecule has 2 N–H and O–H groups in total. The number of halogens is 2. The van der Waals surface area contributed by atoms with Crippen molar-refractivity contribution >= 4 is 34.8 Å². The fourth-order valence-corrected chi connectivity index (χ4v) is 2.77. The number of ether oxygens (including phenoxy) is 1. The summed E-state index contributed by atoms with van der Waals surface area (Å²) in [5, 5.41) is 7.23. The highest BCUT2D eigenvalue weighted by atomic mass is 35.5. The van der Waals surface area contributed by atoms with Gasteiger partial charge in [-0.1, -0.05) is 41.4 Å². The van der Waals surface area contributed by atoms with Gasteiger partial charge in [-0.2, -0.15) is 0 Å². The number of hydrogen-bond acceptors (Lipinski definition) is 3. The Morgan fingerprint density at radius 1 is 1.16 bits per heavy atom. The smallest absolute Gasteiger partial charge is 0.238 e. The summed E-state index contributed by atoms with van der Waals surface area (Å²) in [6.07, 6.45) is 0.761. The molecule has 0 fully saturated rings. The summed E-state index contributed by atoms with van der Waals surface area (Å²) in [4.78, 5) is 12.1. The number of rotatable bonds is 8. The van der Waals surface area contributed by atoms with Crippen LogP contribution in [0.3, 0.4) is 0 Å². The van der Waals surface area contributed by atoms with Crippen molar-refractivity contribution in [3.8, 4) is 5.75 Å². The van der Waals surface area contributed by atoms with Gasteiger partial charge in [0.1, 0.15) is 5.75 Å². The van der Waals surface area contributed by atoms with Crippen molar-refractivity contribution in [2.75, 3.05) is 18.4 Å². The summed E-state index contributed by atoms with van der Waals surface area (Å²) in [7, 11) is 0. The first kappa shape index (κ1) is 19.6. The van der Waals surface area contributed by atoms with Gasteiger partial charge in [-0.25, -0.2) is 0 Å². The first-order chi connectivity index (χ1) is 12.0. The Balaban J connectivity index is 1.79. The number of para-hydroxylation sites is 2. The summed E-state index contributed by atoms with van der Waals surface area (Å²) in [6, 6.07) is 12.8. The first-order valence-corrected chi connectivity index (χ1v) is 8.91. The molecule has 0 bridgehead atoms. The van der Waals surface area contributed by atoms with Crippen LogP contribution in [0.15, 0.2) is 42.5 Å². The van der Waals surface area contributed by atoms with Gasteiger partial charge in [0.05, 0.1) is 18.3 Å². The molecule has 0 saturated heterocycles. The van der Waals surface area contributed by atoms with Gasteiger partial charge in [-0.3, -0.25) is 4.79 Å². The molecule has 0 radical (unpaired) electrons. The predicted octanol–water partition coefficient (Wildman–Crippen LogP) is 4.55. The van der Waals surface area contributed by atoms with E-state index in [1.54, 1.807) is 12.1 Å². The predicted molar refractivity (Wildman–Crippen MR) is 104 cm³/mol. The minimum absolute atomic E-state index is 0.0419. The Bertz CT molecular complexity index is 720. The molecule has 0 heterocycles. The monoisotopic (exact) mass is 380 g/mol. The van der Waals surface area contributed by atoms with E-state index in [2.05, 4.69) is 10.6 Å². The number of carbonyl (C=O) groups excluding carboxylic acids is 1. The van der Waals surface area contributed by atoms with Crippen molar-refractivity contribution in [1.82, 2.24) is 5.32 Å². The lowest BCUT2D eigenvalue weighted by molar-refractivity contribution is -0.115. The highest BCUT2D eigenvalue weighted by Gasteiger charge is 2.08. The van der Waals surface area contributed by atoms with Crippen LogP contribution in [-0.4, -0.2) is 25.1 Å². The molecule has 2 rings (SSSR count). The number of carbonyl (C=O) groups is 1. The van der Waals surface area contributed by atoms with Crippen LogP contribution in [-0.2, 0) is 11.2 Å². The second-order valence-corrected chi connectivity index (χ2v) is 6.72. The van der Waals surface area contributed by atoms with Gasteiger partial charge in [0, 0.05) is 10.0 Å². The van der Waals surface area contributed by atoms with E-state index >= 15 is 0 Å². The van der Waals surface area contributed by atoms with Gasteiger partial charge < -0.3 is 15.4 Å². The maximum absolute atomic E-state index is 12.1. The second kappa shape index (κ2) is 9.66. The maximum atomic E-state index is 12.1. The second-order valence-electron chi connectivity index (χ2n) is 5.87. The average molecular weight is 381 g/mol. The molecule has 4 nitrogen and oxygen atoms in total. The van der Waals surface area contributed by atoms with Crippen LogP contribution in [0.2, 0.25) is 10.0 Å². The van der Waals surface area contributed by atoms with Gasteiger partial charge >= 0.3 is 0 Å². The van der Waals surface area contributed by atoms with E-state index in [9.17, 15) is 4.79 Å². The summed E-state index contributed by atoms with van der Waals surface area (Å²) in [5.74, 6) is 0.542. The zero-order chi connectivity index (χ0) is 18.2. The van der Waals surface area contributed by atoms with Gasteiger partial charge in [0.25, 0.3) is 0 Å². The summed E-state index contributed by atoms with van der Waals surface area (Å²) < 4.78 is 5.69. The molecule has 2 aromatic carbocycles. The lowest BCUT2D eigenvalue weighted by atomic mass is 10.1. The normalized spacial score (nSPS) is 10.8. The van der Waals surface area contributed by atoms with Gasteiger partial charge in [-0.05, 0) is 56.6 Å². The average Bonchev–Trinajstić information content (AvgIpc) is 2.54. The van der Waals surface area contributed by atoms with Gasteiger partial charge in [0.15, 0.2) is 0 Å². The Kier molecular flexibility index (Phi) is 7.56. The molecule has 134 valence electrons. The third-order valence-corrected chi connectivity index (χ3v) is 3.98. The molecular formula is C19H22Cl2N2O2. The molecule has 0 aromatic heterocycles. The van der Waals surface area contributed by atoms with E-state index in [0.717, 1.165) is 12.0 Å². The fourth-order valence-electron chi connectivity index (χ4n) is 2.27. The number of anilines is 1. The van der Waals surface area contributed by atoms with Crippen molar-refractivity contribution in [2.24, 2.45) is 0 Å². The fraction of sp³-hybridized carbons (Fsp3) is 0.316. The maximum Gasteiger partial charge on any atom is 0.238 e. The van der Waals surface area contributed by atoms with Crippen LogP contribution in [0.4, 0.5) is 5.69 Å². The van der Waals surface area contributed by atoms with E-state index in [4.69, 9.17) is 27.9 Å². The molecule has 6 heteroatoms. The molecule has 0 aliphatic heterocycles. The van der Waals surface area contributed by atoms with Crippen LogP contribution in [0.5, 0.6) is 5.75 Å². The van der Waals surface area contributed by atoms with Crippen molar-refractivity contribution in [3.63, 3.8) is 0 Å². The van der Waals surface area contributed by atoms with E-state index in [1.807, 2.05) is 44.2 Å². The highest BCUT2D eigenvalue weighted by Crippen LogP contribution is 2.24. The van der Waals surface area contributed by atoms with Crippen molar-refractivity contribution < 1.29 is 9.53 Å².